The number of alkyl halides is 2. The Balaban J connectivity index is 2.52. The summed E-state index contributed by atoms with van der Waals surface area (Å²) in [6.45, 7) is 4.31. The molecule has 0 saturated heterocycles. The third-order valence-corrected chi connectivity index (χ3v) is 2.73. The Hall–Kier alpha value is -1.56. The Kier molecular flexibility index (Phi) is 6.01. The zero-order valence-electron chi connectivity index (χ0n) is 11.5. The van der Waals surface area contributed by atoms with Crippen LogP contribution in [0.5, 0.6) is 0 Å². The Labute approximate surface area is 115 Å². The van der Waals surface area contributed by atoms with Crippen molar-refractivity contribution in [3.05, 3.63) is 35.6 Å². The van der Waals surface area contributed by atoms with Gasteiger partial charge in [-0.05, 0) is 31.0 Å². The molecule has 0 N–H and O–H groups in total. The van der Waals surface area contributed by atoms with E-state index in [-0.39, 0.29) is 5.56 Å². The molecule has 0 radical (unpaired) electrons. The Morgan fingerprint density at radius 2 is 1.80 bits per heavy atom. The molecule has 0 amide bonds. The van der Waals surface area contributed by atoms with Gasteiger partial charge in [-0.1, -0.05) is 19.9 Å². The fraction of sp³-hybridized carbons (Fsp3) is 0.500. The second-order valence-electron chi connectivity index (χ2n) is 4.82. The van der Waals surface area contributed by atoms with Crippen LogP contribution in [0, 0.1) is 11.7 Å². The van der Waals surface area contributed by atoms with Crippen LogP contribution in [-0.4, -0.2) is 24.4 Å². The first-order valence-corrected chi connectivity index (χ1v) is 6.24. The van der Waals surface area contributed by atoms with Crippen molar-refractivity contribution < 1.29 is 27.7 Å². The first-order chi connectivity index (χ1) is 9.32. The van der Waals surface area contributed by atoms with Crippen molar-refractivity contribution >= 4 is 5.97 Å². The van der Waals surface area contributed by atoms with Crippen molar-refractivity contribution in [1.82, 2.24) is 0 Å². The molecule has 0 aliphatic heterocycles. The summed E-state index contributed by atoms with van der Waals surface area (Å²) >= 11 is 0. The van der Waals surface area contributed by atoms with E-state index in [4.69, 9.17) is 0 Å². The highest BCUT2D eigenvalue weighted by molar-refractivity contribution is 5.88. The van der Waals surface area contributed by atoms with E-state index in [2.05, 4.69) is 9.78 Å². The number of carbonyl (C=O) groups is 1. The Morgan fingerprint density at radius 1 is 1.15 bits per heavy atom. The maximum Gasteiger partial charge on any atom is 0.373 e. The quantitative estimate of drug-likeness (QED) is 0.593. The molecule has 1 aromatic rings. The van der Waals surface area contributed by atoms with Crippen LogP contribution in [0.1, 0.15) is 31.1 Å². The number of halogens is 3. The van der Waals surface area contributed by atoms with E-state index >= 15 is 0 Å². The van der Waals surface area contributed by atoms with Crippen molar-refractivity contribution in [1.29, 1.82) is 0 Å². The van der Waals surface area contributed by atoms with Crippen LogP contribution in [0.15, 0.2) is 24.3 Å². The van der Waals surface area contributed by atoms with E-state index in [0.717, 1.165) is 12.1 Å². The summed E-state index contributed by atoms with van der Waals surface area (Å²) in [6, 6.07) is 4.76. The van der Waals surface area contributed by atoms with Gasteiger partial charge in [0.2, 0.25) is 0 Å². The smallest absolute Gasteiger partial charge is 0.292 e. The zero-order chi connectivity index (χ0) is 15.3. The molecule has 0 unspecified atom stereocenters. The van der Waals surface area contributed by atoms with Crippen LogP contribution in [0.25, 0.3) is 0 Å². The van der Waals surface area contributed by atoms with Crippen molar-refractivity contribution in [3.8, 4) is 0 Å². The topological polar surface area (TPSA) is 35.5 Å². The maximum atomic E-state index is 13.6. The summed E-state index contributed by atoms with van der Waals surface area (Å²) < 4.78 is 39.9. The molecule has 6 heteroatoms. The Bertz CT molecular complexity index is 451. The summed E-state index contributed by atoms with van der Waals surface area (Å²) in [5.41, 5.74) is -0.0757. The SMILES string of the molecule is CC(C)[C@@H](F)[C@H](F)[C@H](C)OOC(=O)c1cccc(F)c1. The number of hydrogen-bond donors (Lipinski definition) is 0. The van der Waals surface area contributed by atoms with Gasteiger partial charge in [0.1, 0.15) is 18.1 Å². The monoisotopic (exact) mass is 290 g/mol. The van der Waals surface area contributed by atoms with Gasteiger partial charge < -0.3 is 0 Å². The Morgan fingerprint density at radius 3 is 2.35 bits per heavy atom. The average Bonchev–Trinajstić information content (AvgIpc) is 2.42. The third-order valence-electron chi connectivity index (χ3n) is 2.73. The summed E-state index contributed by atoms with van der Waals surface area (Å²) in [6.07, 6.45) is -4.90. The van der Waals surface area contributed by atoms with Gasteiger partial charge in [-0.2, -0.15) is 4.89 Å². The van der Waals surface area contributed by atoms with E-state index in [1.807, 2.05) is 0 Å². The molecule has 1 rings (SSSR count). The van der Waals surface area contributed by atoms with Crippen LogP contribution in [0.4, 0.5) is 13.2 Å². The van der Waals surface area contributed by atoms with E-state index in [1.165, 1.54) is 32.9 Å². The van der Waals surface area contributed by atoms with E-state index in [9.17, 15) is 18.0 Å². The molecule has 0 saturated carbocycles. The zero-order valence-corrected chi connectivity index (χ0v) is 11.5. The minimum absolute atomic E-state index is 0.0757. The van der Waals surface area contributed by atoms with Gasteiger partial charge in [0.05, 0.1) is 5.56 Å². The summed E-state index contributed by atoms with van der Waals surface area (Å²) in [4.78, 5) is 20.4. The first kappa shape index (κ1) is 16.5. The van der Waals surface area contributed by atoms with Crippen LogP contribution < -0.4 is 0 Å². The number of benzene rings is 1. The van der Waals surface area contributed by atoms with Gasteiger partial charge in [0, 0.05) is 0 Å². The van der Waals surface area contributed by atoms with Crippen LogP contribution in [0.2, 0.25) is 0 Å². The van der Waals surface area contributed by atoms with Crippen molar-refractivity contribution in [2.75, 3.05) is 0 Å². The minimum atomic E-state index is -1.92. The average molecular weight is 290 g/mol. The predicted molar refractivity (Wildman–Crippen MR) is 67.0 cm³/mol. The molecule has 3 atom stereocenters. The molecule has 0 aliphatic rings. The molecule has 0 aliphatic carbocycles. The molecule has 20 heavy (non-hydrogen) atoms. The number of rotatable bonds is 6. The van der Waals surface area contributed by atoms with E-state index in [0.29, 0.717) is 0 Å². The highest BCUT2D eigenvalue weighted by Gasteiger charge is 2.31. The van der Waals surface area contributed by atoms with Crippen molar-refractivity contribution in [2.24, 2.45) is 5.92 Å². The molecule has 0 bridgehead atoms. The van der Waals surface area contributed by atoms with E-state index < -0.39 is 36.2 Å². The first-order valence-electron chi connectivity index (χ1n) is 6.24. The van der Waals surface area contributed by atoms with Crippen LogP contribution in [-0.2, 0) is 9.78 Å². The van der Waals surface area contributed by atoms with Crippen LogP contribution >= 0.6 is 0 Å². The fourth-order valence-electron chi connectivity index (χ4n) is 1.46. The largest absolute Gasteiger partial charge is 0.373 e. The lowest BCUT2D eigenvalue weighted by Gasteiger charge is -2.21. The minimum Gasteiger partial charge on any atom is -0.292 e. The highest BCUT2D eigenvalue weighted by Crippen LogP contribution is 2.19. The van der Waals surface area contributed by atoms with Gasteiger partial charge in [-0.3, -0.25) is 4.89 Å². The van der Waals surface area contributed by atoms with Gasteiger partial charge in [-0.15, -0.1) is 0 Å². The molecule has 0 aromatic heterocycles. The summed E-state index contributed by atoms with van der Waals surface area (Å²) in [7, 11) is 0. The highest BCUT2D eigenvalue weighted by atomic mass is 19.2. The molecule has 112 valence electrons. The second-order valence-corrected chi connectivity index (χ2v) is 4.82. The van der Waals surface area contributed by atoms with Gasteiger partial charge >= 0.3 is 5.97 Å². The molecule has 3 nitrogen and oxygen atoms in total. The number of hydrogen-bond acceptors (Lipinski definition) is 3. The lowest BCUT2D eigenvalue weighted by molar-refractivity contribution is -0.285. The van der Waals surface area contributed by atoms with E-state index in [1.54, 1.807) is 0 Å². The van der Waals surface area contributed by atoms with Crippen molar-refractivity contribution in [2.45, 2.75) is 39.2 Å². The summed E-state index contributed by atoms with van der Waals surface area (Å²) in [5.74, 6) is -2.10. The predicted octanol–water partition coefficient (Wildman–Crippen LogP) is 3.63. The normalized spacial score (nSPS) is 15.8. The lowest BCUT2D eigenvalue weighted by Crippen LogP contribution is -2.34. The molecule has 0 fully saturated rings. The second kappa shape index (κ2) is 7.28. The van der Waals surface area contributed by atoms with Gasteiger partial charge in [-0.25, -0.2) is 18.0 Å². The molecule has 0 spiro atoms. The van der Waals surface area contributed by atoms with Gasteiger partial charge in [0.25, 0.3) is 0 Å². The molecule has 0 heterocycles. The van der Waals surface area contributed by atoms with Crippen molar-refractivity contribution in [3.63, 3.8) is 0 Å². The molecule has 1 aromatic carbocycles. The third kappa shape index (κ3) is 4.52. The number of carbonyl (C=O) groups excluding carboxylic acids is 1. The maximum absolute atomic E-state index is 13.6. The molecular formula is C14H17F3O3. The van der Waals surface area contributed by atoms with Gasteiger partial charge in [0.15, 0.2) is 6.17 Å². The standard InChI is InChI=1S/C14H17F3O3/c1-8(2)12(16)13(17)9(3)19-20-14(18)10-5-4-6-11(15)7-10/h4-9,12-13H,1-3H3/t9-,12+,13+/m0/s1. The fourth-order valence-corrected chi connectivity index (χ4v) is 1.46. The van der Waals surface area contributed by atoms with Crippen LogP contribution in [0.3, 0.4) is 0 Å². The molecular weight excluding hydrogens is 273 g/mol. The summed E-state index contributed by atoms with van der Waals surface area (Å²) in [5, 5.41) is 0. The lowest BCUT2D eigenvalue weighted by atomic mass is 10.0.